The van der Waals surface area contributed by atoms with Crippen LogP contribution in [-0.4, -0.2) is 32.3 Å². The number of ether oxygens (including phenoxy) is 3. The van der Waals surface area contributed by atoms with Crippen LogP contribution in [0.5, 0.6) is 5.75 Å². The fraction of sp³-hybridized carbons (Fsp3) is 0.533. The average molecular weight is 279 g/mol. The van der Waals surface area contributed by atoms with Gasteiger partial charge in [-0.15, -0.1) is 0 Å². The number of methoxy groups -OCH3 is 1. The van der Waals surface area contributed by atoms with Gasteiger partial charge in [-0.2, -0.15) is 0 Å². The first kappa shape index (κ1) is 14.8. The fourth-order valence-corrected chi connectivity index (χ4v) is 2.46. The van der Waals surface area contributed by atoms with Crippen molar-refractivity contribution in [2.45, 2.75) is 31.9 Å². The number of esters is 1. The summed E-state index contributed by atoms with van der Waals surface area (Å²) < 4.78 is 15.9. The van der Waals surface area contributed by atoms with Gasteiger partial charge in [-0.3, -0.25) is 4.79 Å². The van der Waals surface area contributed by atoms with Gasteiger partial charge in [0.1, 0.15) is 5.75 Å². The van der Waals surface area contributed by atoms with Gasteiger partial charge in [0.05, 0.1) is 32.8 Å². The van der Waals surface area contributed by atoms with Crippen molar-refractivity contribution >= 4 is 5.97 Å². The highest BCUT2D eigenvalue weighted by molar-refractivity contribution is 5.69. The largest absolute Gasteiger partial charge is 0.497 e. The maximum atomic E-state index is 11.3. The van der Waals surface area contributed by atoms with Crippen LogP contribution >= 0.6 is 0 Å². The predicted octanol–water partition coefficient (Wildman–Crippen LogP) is 1.59. The van der Waals surface area contributed by atoms with Gasteiger partial charge in [-0.25, -0.2) is 0 Å². The summed E-state index contributed by atoms with van der Waals surface area (Å²) in [5, 5.41) is 0. The van der Waals surface area contributed by atoms with Crippen LogP contribution in [0.3, 0.4) is 0 Å². The van der Waals surface area contributed by atoms with Crippen LogP contribution in [0.4, 0.5) is 0 Å². The van der Waals surface area contributed by atoms with E-state index in [1.807, 2.05) is 18.2 Å². The Labute approximate surface area is 119 Å². The Morgan fingerprint density at radius 2 is 2.25 bits per heavy atom. The first-order chi connectivity index (χ1) is 9.65. The van der Waals surface area contributed by atoms with Gasteiger partial charge in [-0.05, 0) is 36.6 Å². The molecule has 5 heteroatoms. The number of hydrogen-bond acceptors (Lipinski definition) is 5. The van der Waals surface area contributed by atoms with E-state index in [1.54, 1.807) is 14.0 Å². The van der Waals surface area contributed by atoms with Crippen molar-refractivity contribution in [3.63, 3.8) is 0 Å². The molecule has 2 rings (SSSR count). The van der Waals surface area contributed by atoms with E-state index < -0.39 is 0 Å². The Bertz CT molecular complexity index is 475. The Morgan fingerprint density at radius 1 is 1.45 bits per heavy atom. The maximum absolute atomic E-state index is 11.3. The van der Waals surface area contributed by atoms with Crippen molar-refractivity contribution in [2.24, 2.45) is 5.73 Å². The third-order valence-electron chi connectivity index (χ3n) is 3.41. The summed E-state index contributed by atoms with van der Waals surface area (Å²) in [4.78, 5) is 11.3. The first-order valence-corrected chi connectivity index (χ1v) is 6.85. The van der Waals surface area contributed by atoms with Crippen LogP contribution in [0.25, 0.3) is 0 Å². The Balaban J connectivity index is 1.97. The highest BCUT2D eigenvalue weighted by atomic mass is 16.5. The van der Waals surface area contributed by atoms with Crippen molar-refractivity contribution in [3.05, 3.63) is 29.3 Å². The summed E-state index contributed by atoms with van der Waals surface area (Å²) >= 11 is 0. The van der Waals surface area contributed by atoms with Crippen molar-refractivity contribution in [1.29, 1.82) is 0 Å². The molecular weight excluding hydrogens is 258 g/mol. The average Bonchev–Trinajstić information content (AvgIpc) is 2.74. The number of carbonyl (C=O) groups is 1. The zero-order chi connectivity index (χ0) is 14.5. The number of benzene rings is 1. The molecule has 1 aromatic carbocycles. The van der Waals surface area contributed by atoms with Gasteiger partial charge in [0.15, 0.2) is 0 Å². The molecule has 0 aromatic heterocycles. The van der Waals surface area contributed by atoms with Gasteiger partial charge in [0.25, 0.3) is 0 Å². The van der Waals surface area contributed by atoms with Crippen molar-refractivity contribution < 1.29 is 19.0 Å². The van der Waals surface area contributed by atoms with Crippen LogP contribution in [0.15, 0.2) is 18.2 Å². The SMILES string of the molecule is CCOC(=O)CCOC1c2cc(OC)ccc2CC1N. The molecule has 2 atom stereocenters. The van der Waals surface area contributed by atoms with Crippen LogP contribution in [0.2, 0.25) is 0 Å². The second-order valence-corrected chi connectivity index (χ2v) is 4.78. The molecule has 5 nitrogen and oxygen atoms in total. The van der Waals surface area contributed by atoms with Gasteiger partial charge < -0.3 is 19.9 Å². The number of hydrogen-bond donors (Lipinski definition) is 1. The molecule has 0 spiro atoms. The van der Waals surface area contributed by atoms with E-state index in [9.17, 15) is 4.79 Å². The van der Waals surface area contributed by atoms with Crippen LogP contribution in [0, 0.1) is 0 Å². The summed E-state index contributed by atoms with van der Waals surface area (Å²) in [6, 6.07) is 5.81. The van der Waals surface area contributed by atoms with Crippen LogP contribution in [0.1, 0.15) is 30.6 Å². The number of nitrogens with two attached hydrogens (primary N) is 1. The summed E-state index contributed by atoms with van der Waals surface area (Å²) in [5.74, 6) is 0.543. The molecule has 0 fully saturated rings. The monoisotopic (exact) mass is 279 g/mol. The number of fused-ring (bicyclic) bond motifs is 1. The molecule has 2 N–H and O–H groups in total. The Kier molecular flexibility index (Phi) is 4.98. The lowest BCUT2D eigenvalue weighted by molar-refractivity contribution is -0.144. The van der Waals surface area contributed by atoms with Gasteiger partial charge >= 0.3 is 5.97 Å². The summed E-state index contributed by atoms with van der Waals surface area (Å²) in [6.45, 7) is 2.49. The van der Waals surface area contributed by atoms with Gasteiger partial charge in [-0.1, -0.05) is 6.07 Å². The molecule has 0 heterocycles. The van der Waals surface area contributed by atoms with Crippen molar-refractivity contribution in [1.82, 2.24) is 0 Å². The highest BCUT2D eigenvalue weighted by Crippen LogP contribution is 2.35. The normalized spacial score (nSPS) is 20.6. The standard InChI is InChI=1S/C15H21NO4/c1-3-19-14(17)6-7-20-15-12-9-11(18-2)5-4-10(12)8-13(15)16/h4-5,9,13,15H,3,6-8,16H2,1-2H3. The van der Waals surface area contributed by atoms with Crippen molar-refractivity contribution in [3.8, 4) is 5.75 Å². The second kappa shape index (κ2) is 6.72. The zero-order valence-electron chi connectivity index (χ0n) is 11.9. The summed E-state index contributed by atoms with van der Waals surface area (Å²) in [7, 11) is 1.63. The predicted molar refractivity (Wildman–Crippen MR) is 74.6 cm³/mol. The van der Waals surface area contributed by atoms with E-state index in [4.69, 9.17) is 19.9 Å². The molecule has 0 aliphatic heterocycles. The number of carbonyl (C=O) groups excluding carboxylic acids is 1. The molecule has 1 aliphatic rings. The molecule has 0 radical (unpaired) electrons. The third-order valence-corrected chi connectivity index (χ3v) is 3.41. The van der Waals surface area contributed by atoms with Crippen LogP contribution < -0.4 is 10.5 Å². The molecule has 1 aromatic rings. The molecule has 0 amide bonds. The Hall–Kier alpha value is -1.59. The molecule has 1 aliphatic carbocycles. The Morgan fingerprint density at radius 3 is 2.95 bits per heavy atom. The zero-order valence-corrected chi connectivity index (χ0v) is 11.9. The summed E-state index contributed by atoms with van der Waals surface area (Å²) in [5.41, 5.74) is 8.35. The van der Waals surface area contributed by atoms with Gasteiger partial charge in [0, 0.05) is 6.04 Å². The van der Waals surface area contributed by atoms with Gasteiger partial charge in [0.2, 0.25) is 0 Å². The minimum atomic E-state index is -0.245. The van der Waals surface area contributed by atoms with E-state index in [2.05, 4.69) is 0 Å². The molecule has 0 saturated carbocycles. The minimum Gasteiger partial charge on any atom is -0.497 e. The fourth-order valence-electron chi connectivity index (χ4n) is 2.46. The van der Waals surface area contributed by atoms with E-state index in [-0.39, 0.29) is 24.5 Å². The van der Waals surface area contributed by atoms with Crippen molar-refractivity contribution in [2.75, 3.05) is 20.3 Å². The van der Waals surface area contributed by atoms with E-state index in [1.165, 1.54) is 5.56 Å². The smallest absolute Gasteiger partial charge is 0.308 e. The molecule has 2 unspecified atom stereocenters. The first-order valence-electron chi connectivity index (χ1n) is 6.85. The second-order valence-electron chi connectivity index (χ2n) is 4.78. The topological polar surface area (TPSA) is 70.8 Å². The molecular formula is C15H21NO4. The van der Waals surface area contributed by atoms with E-state index in [0.29, 0.717) is 13.2 Å². The number of rotatable bonds is 6. The van der Waals surface area contributed by atoms with E-state index >= 15 is 0 Å². The lowest BCUT2D eigenvalue weighted by Gasteiger charge is -2.18. The molecule has 20 heavy (non-hydrogen) atoms. The lowest BCUT2D eigenvalue weighted by Crippen LogP contribution is -2.27. The lowest BCUT2D eigenvalue weighted by atomic mass is 10.1. The molecule has 0 bridgehead atoms. The quantitative estimate of drug-likeness (QED) is 0.801. The minimum absolute atomic E-state index is 0.0840. The van der Waals surface area contributed by atoms with Crippen LogP contribution in [-0.2, 0) is 20.7 Å². The van der Waals surface area contributed by atoms with E-state index in [0.717, 1.165) is 17.7 Å². The third kappa shape index (κ3) is 3.29. The molecule has 110 valence electrons. The maximum Gasteiger partial charge on any atom is 0.308 e. The molecule has 0 saturated heterocycles. The summed E-state index contributed by atoms with van der Waals surface area (Å²) in [6.07, 6.45) is 0.842. The highest BCUT2D eigenvalue weighted by Gasteiger charge is 2.31.